The topological polar surface area (TPSA) is 20.2 Å². The van der Waals surface area contributed by atoms with E-state index in [0.29, 0.717) is 0 Å². The summed E-state index contributed by atoms with van der Waals surface area (Å²) in [6.07, 6.45) is 6.26. The summed E-state index contributed by atoms with van der Waals surface area (Å²) >= 11 is 0. The predicted octanol–water partition coefficient (Wildman–Crippen LogP) is 2.08. The lowest BCUT2D eigenvalue weighted by Gasteiger charge is -2.32. The Morgan fingerprint density at radius 2 is 2.29 bits per heavy atom. The quantitative estimate of drug-likeness (QED) is 0.843. The van der Waals surface area contributed by atoms with Gasteiger partial charge in [-0.2, -0.15) is 0 Å². The van der Waals surface area contributed by atoms with E-state index in [-0.39, 0.29) is 0 Å². The van der Waals surface area contributed by atoms with Crippen molar-refractivity contribution in [2.75, 3.05) is 20.1 Å². The number of nitrogens with one attached hydrogen (secondary N) is 1. The average Bonchev–Trinajstić information content (AvgIpc) is 2.79. The molecule has 1 N–H and O–H groups in total. The normalized spacial score (nSPS) is 21.9. The fourth-order valence-corrected chi connectivity index (χ4v) is 2.69. The van der Waals surface area contributed by atoms with Gasteiger partial charge in [-0.25, -0.2) is 0 Å². The van der Waals surface area contributed by atoms with Crippen molar-refractivity contribution in [2.24, 2.45) is 0 Å². The number of likely N-dealkylation sites (N-methyl/N-ethyl adjacent to an activating group) is 1. The van der Waals surface area contributed by atoms with E-state index < -0.39 is 0 Å². The van der Waals surface area contributed by atoms with E-state index in [1.807, 2.05) is 0 Å². The highest BCUT2D eigenvalue weighted by Gasteiger charge is 2.17. The van der Waals surface area contributed by atoms with Crippen LogP contribution in [0.2, 0.25) is 0 Å². The van der Waals surface area contributed by atoms with Crippen molar-refractivity contribution in [1.82, 2.24) is 14.8 Å². The summed E-state index contributed by atoms with van der Waals surface area (Å²) in [6, 6.07) is 5.07. The first kappa shape index (κ1) is 12.7. The molecule has 1 aliphatic heterocycles. The van der Waals surface area contributed by atoms with E-state index in [1.165, 1.54) is 31.5 Å². The van der Waals surface area contributed by atoms with Crippen molar-refractivity contribution in [3.05, 3.63) is 24.0 Å². The molecule has 2 heterocycles. The zero-order valence-corrected chi connectivity index (χ0v) is 11.2. The molecule has 3 nitrogen and oxygen atoms in total. The Hall–Kier alpha value is -0.800. The van der Waals surface area contributed by atoms with Crippen molar-refractivity contribution >= 4 is 0 Å². The number of hydrogen-bond acceptors (Lipinski definition) is 2. The van der Waals surface area contributed by atoms with Crippen LogP contribution in [-0.4, -0.2) is 35.6 Å². The molecule has 1 saturated heterocycles. The molecule has 0 amide bonds. The molecule has 0 aliphatic carbocycles. The number of aryl methyl sites for hydroxylation is 1. The molecule has 1 unspecified atom stereocenters. The van der Waals surface area contributed by atoms with Gasteiger partial charge in [-0.05, 0) is 45.5 Å². The van der Waals surface area contributed by atoms with Crippen LogP contribution < -0.4 is 5.32 Å². The molecule has 17 heavy (non-hydrogen) atoms. The Kier molecular flexibility index (Phi) is 4.63. The molecule has 0 bridgehead atoms. The molecule has 1 aromatic heterocycles. The Morgan fingerprint density at radius 3 is 3.06 bits per heavy atom. The van der Waals surface area contributed by atoms with Crippen LogP contribution in [0.5, 0.6) is 0 Å². The summed E-state index contributed by atoms with van der Waals surface area (Å²) in [6.45, 7) is 6.63. The Labute approximate surface area is 105 Å². The third kappa shape index (κ3) is 3.33. The van der Waals surface area contributed by atoms with Crippen molar-refractivity contribution < 1.29 is 0 Å². The van der Waals surface area contributed by atoms with Crippen molar-refractivity contribution in [1.29, 1.82) is 0 Å². The van der Waals surface area contributed by atoms with E-state index >= 15 is 0 Å². The number of hydrogen-bond donors (Lipinski definition) is 1. The van der Waals surface area contributed by atoms with Crippen LogP contribution >= 0.6 is 0 Å². The minimum Gasteiger partial charge on any atom is -0.351 e. The second kappa shape index (κ2) is 6.22. The SMILES string of the molecule is CCn1cccc1CNCC1CCCCN1C. The van der Waals surface area contributed by atoms with Crippen molar-refractivity contribution in [3.8, 4) is 0 Å². The fraction of sp³-hybridized carbons (Fsp3) is 0.714. The van der Waals surface area contributed by atoms with Gasteiger partial charge in [0.15, 0.2) is 0 Å². The fourth-order valence-electron chi connectivity index (χ4n) is 2.69. The van der Waals surface area contributed by atoms with Gasteiger partial charge in [-0.3, -0.25) is 0 Å². The molecule has 0 spiro atoms. The Bertz CT molecular complexity index is 332. The van der Waals surface area contributed by atoms with E-state index in [9.17, 15) is 0 Å². The summed E-state index contributed by atoms with van der Waals surface area (Å²) < 4.78 is 2.30. The van der Waals surface area contributed by atoms with Crippen molar-refractivity contribution in [2.45, 2.75) is 45.3 Å². The molecule has 1 atom stereocenters. The van der Waals surface area contributed by atoms with E-state index in [0.717, 1.165) is 25.7 Å². The molecule has 2 rings (SSSR count). The molecule has 1 aromatic rings. The molecule has 3 heteroatoms. The summed E-state index contributed by atoms with van der Waals surface area (Å²) in [4.78, 5) is 2.50. The highest BCUT2D eigenvalue weighted by molar-refractivity contribution is 5.06. The lowest BCUT2D eigenvalue weighted by molar-refractivity contribution is 0.181. The third-order valence-electron chi connectivity index (χ3n) is 3.87. The third-order valence-corrected chi connectivity index (χ3v) is 3.87. The van der Waals surface area contributed by atoms with Gasteiger partial charge in [0.25, 0.3) is 0 Å². The summed E-state index contributed by atoms with van der Waals surface area (Å²) in [5.41, 5.74) is 1.39. The number of rotatable bonds is 5. The van der Waals surface area contributed by atoms with Crippen molar-refractivity contribution in [3.63, 3.8) is 0 Å². The maximum absolute atomic E-state index is 3.60. The number of nitrogens with zero attached hydrogens (tertiary/aromatic N) is 2. The Balaban J connectivity index is 1.75. The molecule has 1 aliphatic rings. The van der Waals surface area contributed by atoms with E-state index in [2.05, 4.69) is 47.1 Å². The summed E-state index contributed by atoms with van der Waals surface area (Å²) in [5, 5.41) is 3.60. The molecule has 96 valence electrons. The van der Waals surface area contributed by atoms with Crippen LogP contribution in [0.25, 0.3) is 0 Å². The number of likely N-dealkylation sites (tertiary alicyclic amines) is 1. The highest BCUT2D eigenvalue weighted by Crippen LogP contribution is 2.14. The molecule has 1 fully saturated rings. The minimum atomic E-state index is 0.730. The number of aromatic nitrogens is 1. The standard InChI is InChI=1S/C14H25N3/c1-3-17-10-6-8-14(17)12-15-11-13-7-4-5-9-16(13)2/h6,8,10,13,15H,3-5,7,9,11-12H2,1-2H3. The monoisotopic (exact) mass is 235 g/mol. The first-order valence-electron chi connectivity index (χ1n) is 6.86. The molecule has 0 aromatic carbocycles. The second-order valence-electron chi connectivity index (χ2n) is 5.05. The molecular formula is C14H25N3. The van der Waals surface area contributed by atoms with Gasteiger partial charge in [0.2, 0.25) is 0 Å². The van der Waals surface area contributed by atoms with Gasteiger partial charge in [-0.1, -0.05) is 6.42 Å². The highest BCUT2D eigenvalue weighted by atomic mass is 15.2. The average molecular weight is 235 g/mol. The molecule has 0 radical (unpaired) electrons. The first-order chi connectivity index (χ1) is 8.31. The largest absolute Gasteiger partial charge is 0.351 e. The van der Waals surface area contributed by atoms with Gasteiger partial charge >= 0.3 is 0 Å². The summed E-state index contributed by atoms with van der Waals surface area (Å²) in [5.74, 6) is 0. The van der Waals surface area contributed by atoms with Gasteiger partial charge in [0, 0.05) is 37.6 Å². The molecular weight excluding hydrogens is 210 g/mol. The molecule has 0 saturated carbocycles. The van der Waals surface area contributed by atoms with Gasteiger partial charge in [0.1, 0.15) is 0 Å². The zero-order chi connectivity index (χ0) is 12.1. The smallest absolute Gasteiger partial charge is 0.0359 e. The zero-order valence-electron chi connectivity index (χ0n) is 11.2. The minimum absolute atomic E-state index is 0.730. The lowest BCUT2D eigenvalue weighted by Crippen LogP contribution is -2.43. The van der Waals surface area contributed by atoms with Crippen LogP contribution in [-0.2, 0) is 13.1 Å². The van der Waals surface area contributed by atoms with Gasteiger partial charge in [0.05, 0.1) is 0 Å². The second-order valence-corrected chi connectivity index (χ2v) is 5.05. The maximum atomic E-state index is 3.60. The van der Waals surface area contributed by atoms with Crippen LogP contribution in [0.1, 0.15) is 31.9 Å². The maximum Gasteiger partial charge on any atom is 0.0359 e. The predicted molar refractivity (Wildman–Crippen MR) is 72.1 cm³/mol. The first-order valence-corrected chi connectivity index (χ1v) is 6.86. The van der Waals surface area contributed by atoms with Crippen LogP contribution in [0.3, 0.4) is 0 Å². The van der Waals surface area contributed by atoms with Crippen LogP contribution in [0.15, 0.2) is 18.3 Å². The van der Waals surface area contributed by atoms with Gasteiger partial charge in [-0.15, -0.1) is 0 Å². The van der Waals surface area contributed by atoms with Gasteiger partial charge < -0.3 is 14.8 Å². The lowest BCUT2D eigenvalue weighted by atomic mass is 10.0. The van der Waals surface area contributed by atoms with E-state index in [4.69, 9.17) is 0 Å². The number of piperidine rings is 1. The van der Waals surface area contributed by atoms with Crippen LogP contribution in [0, 0.1) is 0 Å². The Morgan fingerprint density at radius 1 is 1.41 bits per heavy atom. The van der Waals surface area contributed by atoms with Crippen LogP contribution in [0.4, 0.5) is 0 Å². The van der Waals surface area contributed by atoms with E-state index in [1.54, 1.807) is 0 Å². The summed E-state index contributed by atoms with van der Waals surface area (Å²) in [7, 11) is 2.25.